The number of aliphatic hydroxyl groups excluding tert-OH is 1. The van der Waals surface area contributed by atoms with Gasteiger partial charge in [0.05, 0.1) is 6.61 Å². The summed E-state index contributed by atoms with van der Waals surface area (Å²) in [4.78, 5) is 4.72. The first kappa shape index (κ1) is 14.6. The summed E-state index contributed by atoms with van der Waals surface area (Å²) in [6, 6.07) is 5.45. The lowest BCUT2D eigenvalue weighted by molar-refractivity contribution is 0.133. The molecule has 1 fully saturated rings. The van der Waals surface area contributed by atoms with Crippen molar-refractivity contribution >= 4 is 11.6 Å². The summed E-state index contributed by atoms with van der Waals surface area (Å²) in [6.07, 6.45) is 0. The molecule has 0 aliphatic carbocycles. The zero-order valence-electron chi connectivity index (χ0n) is 11.3. The molecule has 1 saturated heterocycles. The number of piperazine rings is 1. The van der Waals surface area contributed by atoms with E-state index in [1.807, 2.05) is 12.1 Å². The van der Waals surface area contributed by atoms with Crippen LogP contribution in [0.15, 0.2) is 18.2 Å². The van der Waals surface area contributed by atoms with Crippen molar-refractivity contribution in [3.63, 3.8) is 0 Å². The number of hydrogen-bond acceptors (Lipinski definition) is 4. The molecule has 19 heavy (non-hydrogen) atoms. The van der Waals surface area contributed by atoms with Gasteiger partial charge in [-0.3, -0.25) is 4.90 Å². The fourth-order valence-electron chi connectivity index (χ4n) is 2.18. The van der Waals surface area contributed by atoms with Crippen molar-refractivity contribution in [3.8, 4) is 5.75 Å². The van der Waals surface area contributed by atoms with Crippen molar-refractivity contribution in [3.05, 3.63) is 28.8 Å². The normalized spacial score (nSPS) is 17.6. The van der Waals surface area contributed by atoms with E-state index >= 15 is 0 Å². The van der Waals surface area contributed by atoms with E-state index in [4.69, 9.17) is 16.3 Å². The maximum Gasteiger partial charge on any atom is 0.126 e. The van der Waals surface area contributed by atoms with Crippen molar-refractivity contribution in [1.29, 1.82) is 0 Å². The van der Waals surface area contributed by atoms with Crippen molar-refractivity contribution < 1.29 is 9.84 Å². The molecule has 0 amide bonds. The van der Waals surface area contributed by atoms with Crippen LogP contribution in [0, 0.1) is 0 Å². The van der Waals surface area contributed by atoms with Crippen molar-refractivity contribution in [2.24, 2.45) is 0 Å². The zero-order valence-corrected chi connectivity index (χ0v) is 12.1. The van der Waals surface area contributed by atoms with E-state index in [1.165, 1.54) is 0 Å². The highest BCUT2D eigenvalue weighted by Gasteiger charge is 2.13. The van der Waals surface area contributed by atoms with Gasteiger partial charge in [0.1, 0.15) is 12.4 Å². The van der Waals surface area contributed by atoms with E-state index in [0.717, 1.165) is 32.7 Å². The Bertz CT molecular complexity index is 406. The standard InChI is InChI=1S/C14H21ClN2O2/c1-16-5-7-17(8-6-16)9-10-19-14-4-2-3-13(15)12(14)11-18/h2-4,18H,5-11H2,1H3. The molecule has 0 unspecified atom stereocenters. The maximum atomic E-state index is 9.30. The van der Waals surface area contributed by atoms with E-state index in [0.29, 0.717) is 22.9 Å². The van der Waals surface area contributed by atoms with Crippen LogP contribution in [0.25, 0.3) is 0 Å². The van der Waals surface area contributed by atoms with Gasteiger partial charge < -0.3 is 14.7 Å². The average Bonchev–Trinajstić information content (AvgIpc) is 2.41. The van der Waals surface area contributed by atoms with Crippen LogP contribution in [-0.4, -0.2) is 61.3 Å². The fourth-order valence-corrected chi connectivity index (χ4v) is 2.41. The Balaban J connectivity index is 1.81. The summed E-state index contributed by atoms with van der Waals surface area (Å²) in [5.74, 6) is 0.684. The Morgan fingerprint density at radius 3 is 2.68 bits per heavy atom. The van der Waals surface area contributed by atoms with E-state index in [9.17, 15) is 5.11 Å². The molecule has 2 rings (SSSR count). The zero-order chi connectivity index (χ0) is 13.7. The van der Waals surface area contributed by atoms with E-state index in [-0.39, 0.29) is 6.61 Å². The highest BCUT2D eigenvalue weighted by molar-refractivity contribution is 6.31. The topological polar surface area (TPSA) is 35.9 Å². The number of benzene rings is 1. The molecule has 5 heteroatoms. The highest BCUT2D eigenvalue weighted by atomic mass is 35.5. The average molecular weight is 285 g/mol. The molecule has 0 radical (unpaired) electrons. The van der Waals surface area contributed by atoms with Gasteiger partial charge in [-0.2, -0.15) is 0 Å². The fraction of sp³-hybridized carbons (Fsp3) is 0.571. The summed E-state index contributed by atoms with van der Waals surface area (Å²) < 4.78 is 5.74. The maximum absolute atomic E-state index is 9.30. The van der Waals surface area contributed by atoms with Gasteiger partial charge in [0.2, 0.25) is 0 Å². The monoisotopic (exact) mass is 284 g/mol. The Labute approximate surface area is 119 Å². The number of aliphatic hydroxyl groups is 1. The number of nitrogens with zero attached hydrogens (tertiary/aromatic N) is 2. The van der Waals surface area contributed by atoms with Crippen LogP contribution in [0.3, 0.4) is 0 Å². The number of halogens is 1. The SMILES string of the molecule is CN1CCN(CCOc2cccc(Cl)c2CO)CC1. The molecule has 106 valence electrons. The summed E-state index contributed by atoms with van der Waals surface area (Å²) in [6.45, 7) is 5.83. The van der Waals surface area contributed by atoms with Crippen molar-refractivity contribution in [1.82, 2.24) is 9.80 Å². The molecule has 4 nitrogen and oxygen atoms in total. The number of rotatable bonds is 5. The quantitative estimate of drug-likeness (QED) is 0.888. The first-order valence-corrected chi connectivity index (χ1v) is 7.00. The van der Waals surface area contributed by atoms with Crippen LogP contribution in [0.4, 0.5) is 0 Å². The highest BCUT2D eigenvalue weighted by Crippen LogP contribution is 2.26. The van der Waals surface area contributed by atoms with Crippen molar-refractivity contribution in [2.45, 2.75) is 6.61 Å². The summed E-state index contributed by atoms with van der Waals surface area (Å²) in [5, 5.41) is 9.85. The Hall–Kier alpha value is -0.810. The Kier molecular flexibility index (Phi) is 5.45. The predicted molar refractivity (Wildman–Crippen MR) is 76.8 cm³/mol. The van der Waals surface area contributed by atoms with Gasteiger partial charge in [0, 0.05) is 43.3 Å². The van der Waals surface area contributed by atoms with Gasteiger partial charge in [-0.25, -0.2) is 0 Å². The molecule has 0 saturated carbocycles. The number of likely N-dealkylation sites (N-methyl/N-ethyl adjacent to an activating group) is 1. The van der Waals surface area contributed by atoms with Crippen molar-refractivity contribution in [2.75, 3.05) is 46.4 Å². The Morgan fingerprint density at radius 2 is 2.00 bits per heavy atom. The molecule has 0 bridgehead atoms. The van der Waals surface area contributed by atoms with Gasteiger partial charge in [0.15, 0.2) is 0 Å². The summed E-state index contributed by atoms with van der Waals surface area (Å²) >= 11 is 6.02. The van der Waals surface area contributed by atoms with Gasteiger partial charge in [-0.05, 0) is 19.2 Å². The van der Waals surface area contributed by atoms with Gasteiger partial charge >= 0.3 is 0 Å². The van der Waals surface area contributed by atoms with Crippen LogP contribution in [0.5, 0.6) is 5.75 Å². The third-order valence-electron chi connectivity index (χ3n) is 3.49. The summed E-state index contributed by atoms with van der Waals surface area (Å²) in [7, 11) is 2.15. The molecular weight excluding hydrogens is 264 g/mol. The molecule has 1 aromatic rings. The molecule has 0 atom stereocenters. The molecular formula is C14H21ClN2O2. The lowest BCUT2D eigenvalue weighted by Crippen LogP contribution is -2.45. The Morgan fingerprint density at radius 1 is 1.26 bits per heavy atom. The third-order valence-corrected chi connectivity index (χ3v) is 3.85. The van der Waals surface area contributed by atoms with Crippen LogP contribution in [-0.2, 0) is 6.61 Å². The second-order valence-corrected chi connectivity index (χ2v) is 5.28. The van der Waals surface area contributed by atoms with E-state index in [2.05, 4.69) is 16.8 Å². The van der Waals surface area contributed by atoms with Gasteiger partial charge in [0.25, 0.3) is 0 Å². The lowest BCUT2D eigenvalue weighted by atomic mass is 10.2. The number of hydrogen-bond donors (Lipinski definition) is 1. The lowest BCUT2D eigenvalue weighted by Gasteiger charge is -2.32. The smallest absolute Gasteiger partial charge is 0.126 e. The first-order valence-electron chi connectivity index (χ1n) is 6.62. The van der Waals surface area contributed by atoms with Crippen LogP contribution in [0.2, 0.25) is 5.02 Å². The first-order chi connectivity index (χ1) is 9.20. The minimum Gasteiger partial charge on any atom is -0.492 e. The molecule has 0 aromatic heterocycles. The van der Waals surface area contributed by atoms with Crippen LogP contribution < -0.4 is 4.74 Å². The number of ether oxygens (including phenoxy) is 1. The molecule has 1 heterocycles. The summed E-state index contributed by atoms with van der Waals surface area (Å²) in [5.41, 5.74) is 0.669. The molecule has 1 aliphatic heterocycles. The van der Waals surface area contributed by atoms with Crippen LogP contribution >= 0.6 is 11.6 Å². The minimum absolute atomic E-state index is 0.0937. The van der Waals surface area contributed by atoms with Gasteiger partial charge in [-0.15, -0.1) is 0 Å². The second kappa shape index (κ2) is 7.10. The minimum atomic E-state index is -0.0937. The second-order valence-electron chi connectivity index (χ2n) is 4.87. The molecule has 1 N–H and O–H groups in total. The van der Waals surface area contributed by atoms with Crippen LogP contribution in [0.1, 0.15) is 5.56 Å². The predicted octanol–water partition coefficient (Wildman–Crippen LogP) is 1.46. The van der Waals surface area contributed by atoms with Gasteiger partial charge in [-0.1, -0.05) is 17.7 Å². The largest absolute Gasteiger partial charge is 0.492 e. The molecule has 0 spiro atoms. The van der Waals surface area contributed by atoms with E-state index in [1.54, 1.807) is 6.07 Å². The molecule has 1 aliphatic rings. The third kappa shape index (κ3) is 4.08. The van der Waals surface area contributed by atoms with E-state index < -0.39 is 0 Å². The molecule has 1 aromatic carbocycles.